The van der Waals surface area contributed by atoms with Gasteiger partial charge in [-0.3, -0.25) is 14.1 Å². The van der Waals surface area contributed by atoms with Crippen LogP contribution in [0.1, 0.15) is 12.6 Å². The molecule has 0 aliphatic rings. The van der Waals surface area contributed by atoms with Gasteiger partial charge in [0.1, 0.15) is 11.5 Å². The van der Waals surface area contributed by atoms with Crippen molar-refractivity contribution < 1.29 is 13.7 Å². The summed E-state index contributed by atoms with van der Waals surface area (Å²) in [5, 5.41) is 7.24. The highest BCUT2D eigenvalue weighted by Crippen LogP contribution is 2.31. The molecule has 1 aromatic heterocycles. The van der Waals surface area contributed by atoms with Crippen molar-refractivity contribution in [1.29, 1.82) is 0 Å². The van der Waals surface area contributed by atoms with E-state index in [0.29, 0.717) is 5.75 Å². The average molecular weight is 509 g/mol. The third-order valence-electron chi connectivity index (χ3n) is 5.07. The van der Waals surface area contributed by atoms with Gasteiger partial charge in [0.2, 0.25) is 5.91 Å². The van der Waals surface area contributed by atoms with E-state index in [1.54, 1.807) is 19.2 Å². The van der Waals surface area contributed by atoms with E-state index in [2.05, 4.69) is 15.6 Å². The monoisotopic (exact) mass is 508 g/mol. The molecule has 0 spiro atoms. The fourth-order valence-corrected chi connectivity index (χ4v) is 3.93. The summed E-state index contributed by atoms with van der Waals surface area (Å²) in [5.74, 6) is 1.38. The predicted molar refractivity (Wildman–Crippen MR) is 151 cm³/mol. The molecule has 0 fully saturated rings. The fourth-order valence-electron chi connectivity index (χ4n) is 3.42. The summed E-state index contributed by atoms with van der Waals surface area (Å²) in [6, 6.07) is 23.2. The molecule has 182 valence electrons. The van der Waals surface area contributed by atoms with Gasteiger partial charge in [0.15, 0.2) is 12.2 Å². The Morgan fingerprint density at radius 1 is 0.943 bits per heavy atom. The molecule has 0 atom stereocenters. The fraction of sp³-hybridized carbons (Fsp3) is 0.154. The molecule has 35 heavy (non-hydrogen) atoms. The number of hydrogen-bond donors (Lipinski definition) is 2. The minimum absolute atomic E-state index is 0. The Hall–Kier alpha value is -3.56. The molecule has 0 saturated carbocycles. The van der Waals surface area contributed by atoms with Gasteiger partial charge in [-0.2, -0.15) is 13.5 Å². The topological polar surface area (TPSA) is 75.7 Å². The first-order chi connectivity index (χ1) is 16.4. The number of methoxy groups -OCH3 is 1. The zero-order valence-corrected chi connectivity index (χ0v) is 21.8. The van der Waals surface area contributed by atoms with Gasteiger partial charge in [-0.15, -0.1) is 0 Å². The molecule has 9 heteroatoms. The third-order valence-corrected chi connectivity index (χ3v) is 5.78. The summed E-state index contributed by atoms with van der Waals surface area (Å²) in [6.45, 7) is 3.46. The molecule has 0 aliphatic heterocycles. The number of rotatable bonds is 8. The van der Waals surface area contributed by atoms with E-state index in [-0.39, 0.29) is 19.4 Å². The number of nitrogens with one attached hydrogen (secondary N) is 2. The number of carbonyl (C=O) groups is 1. The van der Waals surface area contributed by atoms with E-state index >= 15 is 0 Å². The van der Waals surface area contributed by atoms with E-state index in [0.717, 1.165) is 45.1 Å². The van der Waals surface area contributed by atoms with Crippen molar-refractivity contribution >= 4 is 65.3 Å². The van der Waals surface area contributed by atoms with Crippen LogP contribution < -0.4 is 23.9 Å². The van der Waals surface area contributed by atoms with Crippen molar-refractivity contribution in [1.82, 2.24) is 4.98 Å². The van der Waals surface area contributed by atoms with Crippen LogP contribution in [0.25, 0.3) is 10.9 Å². The largest absolute Gasteiger partial charge is 0.497 e. The third kappa shape index (κ3) is 6.74. The van der Waals surface area contributed by atoms with Crippen LogP contribution in [-0.4, -0.2) is 25.0 Å². The number of aromatic nitrogens is 1. The number of benzene rings is 3. The molecule has 1 amide bonds. The molecule has 0 unspecified atom stereocenters. The first-order valence-electron chi connectivity index (χ1n) is 10.7. The zero-order valence-electron chi connectivity index (χ0n) is 20.0. The highest BCUT2D eigenvalue weighted by molar-refractivity contribution is 7.96. The highest BCUT2D eigenvalue weighted by atomic mass is 32.2. The average Bonchev–Trinajstić information content (AvgIpc) is 2.83. The van der Waals surface area contributed by atoms with Crippen molar-refractivity contribution in [2.24, 2.45) is 0 Å². The first kappa shape index (κ1) is 26.1. The van der Waals surface area contributed by atoms with Gasteiger partial charge in [0.05, 0.1) is 12.6 Å². The van der Waals surface area contributed by atoms with E-state index in [1.807, 2.05) is 78.9 Å². The van der Waals surface area contributed by atoms with Crippen molar-refractivity contribution in [2.45, 2.75) is 13.8 Å². The SMILES string of the molecule is COc1ccc2nc(C)cc(Nc3ccc(N(C)SOc4ccc(NC(C)=O)cc4)cc3)c2c1.S. The maximum Gasteiger partial charge on any atom is 0.221 e. The van der Waals surface area contributed by atoms with Gasteiger partial charge < -0.3 is 19.6 Å². The lowest BCUT2D eigenvalue weighted by Gasteiger charge is -2.18. The molecule has 1 heterocycles. The van der Waals surface area contributed by atoms with Gasteiger partial charge in [-0.25, -0.2) is 0 Å². The summed E-state index contributed by atoms with van der Waals surface area (Å²) in [4.78, 5) is 15.7. The van der Waals surface area contributed by atoms with Crippen LogP contribution in [0.5, 0.6) is 11.5 Å². The van der Waals surface area contributed by atoms with E-state index in [4.69, 9.17) is 8.92 Å². The van der Waals surface area contributed by atoms with Crippen molar-refractivity contribution in [2.75, 3.05) is 29.1 Å². The second-order valence-electron chi connectivity index (χ2n) is 7.73. The molecule has 0 saturated heterocycles. The number of amides is 1. The number of ether oxygens (including phenoxy) is 1. The molecule has 0 radical (unpaired) electrons. The molecular weight excluding hydrogens is 480 g/mol. The van der Waals surface area contributed by atoms with Gasteiger partial charge in [0, 0.05) is 47.8 Å². The van der Waals surface area contributed by atoms with Crippen LogP contribution in [-0.2, 0) is 4.79 Å². The van der Waals surface area contributed by atoms with Crippen molar-refractivity contribution in [3.8, 4) is 11.5 Å². The molecule has 4 aromatic rings. The number of nitrogens with zero attached hydrogens (tertiary/aromatic N) is 2. The maximum atomic E-state index is 11.1. The number of carbonyl (C=O) groups excluding carboxylic acids is 1. The van der Waals surface area contributed by atoms with Gasteiger partial charge in [0.25, 0.3) is 0 Å². The molecule has 7 nitrogen and oxygen atoms in total. The summed E-state index contributed by atoms with van der Waals surface area (Å²) >= 11 is 1.22. The number of hydrogen-bond acceptors (Lipinski definition) is 7. The van der Waals surface area contributed by atoms with E-state index < -0.39 is 0 Å². The van der Waals surface area contributed by atoms with Crippen molar-refractivity contribution in [3.63, 3.8) is 0 Å². The quantitative estimate of drug-likeness (QED) is 0.209. The Balaban J connectivity index is 0.00000342. The minimum atomic E-state index is -0.104. The lowest BCUT2D eigenvalue weighted by atomic mass is 10.1. The Morgan fingerprint density at radius 2 is 1.60 bits per heavy atom. The molecule has 2 N–H and O–H groups in total. The van der Waals surface area contributed by atoms with Crippen LogP contribution in [0.3, 0.4) is 0 Å². The Bertz CT molecular complexity index is 1300. The molecule has 3 aromatic carbocycles. The van der Waals surface area contributed by atoms with Crippen LogP contribution >= 0.6 is 25.7 Å². The number of fused-ring (bicyclic) bond motifs is 1. The maximum absolute atomic E-state index is 11.1. The number of anilines is 4. The van der Waals surface area contributed by atoms with Crippen LogP contribution in [0.4, 0.5) is 22.7 Å². The van der Waals surface area contributed by atoms with E-state index in [9.17, 15) is 4.79 Å². The van der Waals surface area contributed by atoms with Crippen LogP contribution in [0, 0.1) is 6.92 Å². The van der Waals surface area contributed by atoms with Gasteiger partial charge in [-0.05, 0) is 79.7 Å². The van der Waals surface area contributed by atoms with Crippen LogP contribution in [0.2, 0.25) is 0 Å². The first-order valence-corrected chi connectivity index (χ1v) is 11.4. The molecule has 0 bridgehead atoms. The number of pyridine rings is 1. The highest BCUT2D eigenvalue weighted by Gasteiger charge is 2.08. The summed E-state index contributed by atoms with van der Waals surface area (Å²) in [5.41, 5.74) is 5.52. The predicted octanol–water partition coefficient (Wildman–Crippen LogP) is 6.45. The second kappa shape index (κ2) is 11.7. The minimum Gasteiger partial charge on any atom is -0.497 e. The van der Waals surface area contributed by atoms with Crippen LogP contribution in [0.15, 0.2) is 72.8 Å². The Kier molecular flexibility index (Phi) is 8.73. The second-order valence-corrected chi connectivity index (χ2v) is 8.59. The van der Waals surface area contributed by atoms with Crippen molar-refractivity contribution in [3.05, 3.63) is 78.5 Å². The smallest absolute Gasteiger partial charge is 0.221 e. The lowest BCUT2D eigenvalue weighted by molar-refractivity contribution is -0.114. The zero-order chi connectivity index (χ0) is 24.1. The van der Waals surface area contributed by atoms with Gasteiger partial charge >= 0.3 is 0 Å². The standard InChI is InChI=1S/C26H26N4O3S.H2S/c1-17-15-26(24-16-23(32-4)13-14-25(24)27-17)29-20-5-9-21(10-6-20)30(3)34-33-22-11-7-19(8-12-22)28-18(2)31;/h5-16H,1-4H3,(H,27,29)(H,28,31);1H2. The number of aryl methyl sites for hydroxylation is 1. The molecule has 4 rings (SSSR count). The van der Waals surface area contributed by atoms with E-state index in [1.165, 1.54) is 19.2 Å². The molecular formula is C26H28N4O3S2. The summed E-state index contributed by atoms with van der Waals surface area (Å²) in [6.07, 6.45) is 0. The summed E-state index contributed by atoms with van der Waals surface area (Å²) in [7, 11) is 3.60. The normalized spacial score (nSPS) is 10.3. The van der Waals surface area contributed by atoms with Gasteiger partial charge in [-0.1, -0.05) is 0 Å². The Labute approximate surface area is 216 Å². The Morgan fingerprint density at radius 3 is 2.26 bits per heavy atom. The lowest BCUT2D eigenvalue weighted by Crippen LogP contribution is -2.08. The molecule has 0 aliphatic carbocycles. The summed E-state index contributed by atoms with van der Waals surface area (Å²) < 4.78 is 13.1.